The van der Waals surface area contributed by atoms with E-state index in [0.29, 0.717) is 0 Å². The molecule has 0 heterocycles. The van der Waals surface area contributed by atoms with Crippen LogP contribution >= 0.6 is 0 Å². The lowest BCUT2D eigenvalue weighted by Crippen LogP contribution is -1.76. The Morgan fingerprint density at radius 3 is 1.64 bits per heavy atom. The van der Waals surface area contributed by atoms with Gasteiger partial charge < -0.3 is 0 Å². The van der Waals surface area contributed by atoms with Crippen molar-refractivity contribution in [1.29, 1.82) is 0 Å². The summed E-state index contributed by atoms with van der Waals surface area (Å²) < 4.78 is 0. The maximum Gasteiger partial charge on any atom is -0.0345 e. The summed E-state index contributed by atoms with van der Waals surface area (Å²) in [6, 6.07) is 0. The largest absolute Gasteiger partial charge is 0.0885 e. The van der Waals surface area contributed by atoms with Crippen LogP contribution in [0.3, 0.4) is 0 Å². The fourth-order valence-corrected chi connectivity index (χ4v) is 1.64. The van der Waals surface area contributed by atoms with Gasteiger partial charge in [0.15, 0.2) is 0 Å². The third-order valence-electron chi connectivity index (χ3n) is 2.53. The van der Waals surface area contributed by atoms with Gasteiger partial charge in [0.25, 0.3) is 0 Å². The van der Waals surface area contributed by atoms with Crippen LogP contribution in [0.1, 0.15) is 51.4 Å². The minimum Gasteiger partial charge on any atom is -0.0885 e. The highest BCUT2D eigenvalue weighted by Gasteiger charge is 1.86. The van der Waals surface area contributed by atoms with Crippen molar-refractivity contribution < 1.29 is 0 Å². The van der Waals surface area contributed by atoms with Gasteiger partial charge in [-0.3, -0.25) is 0 Å². The molecule has 1 aliphatic rings. The van der Waals surface area contributed by atoms with E-state index in [1.165, 1.54) is 51.4 Å². The van der Waals surface area contributed by atoms with E-state index in [4.69, 9.17) is 0 Å². The van der Waals surface area contributed by atoms with Crippen LogP contribution in [0.25, 0.3) is 0 Å². The number of hydrogen-bond acceptors (Lipinski definition) is 0. The highest BCUT2D eigenvalue weighted by molar-refractivity contribution is 5.02. The van der Waals surface area contributed by atoms with Crippen molar-refractivity contribution >= 4 is 0 Å². The fourth-order valence-electron chi connectivity index (χ4n) is 1.64. The summed E-state index contributed by atoms with van der Waals surface area (Å²) in [6.07, 6.45) is 24.0. The van der Waals surface area contributed by atoms with Gasteiger partial charge >= 0.3 is 0 Å². The third-order valence-corrected chi connectivity index (χ3v) is 2.53. The Balaban J connectivity index is 2.25. The van der Waals surface area contributed by atoms with Gasteiger partial charge in [-0.15, -0.1) is 0 Å². The number of hydrogen-bond donors (Lipinski definition) is 0. The lowest BCUT2D eigenvalue weighted by atomic mass is 10.1. The van der Waals surface area contributed by atoms with Gasteiger partial charge in [0.2, 0.25) is 0 Å². The zero-order valence-electron chi connectivity index (χ0n) is 9.12. The van der Waals surface area contributed by atoms with Gasteiger partial charge in [-0.05, 0) is 44.9 Å². The normalized spacial score (nSPS) is 20.6. The van der Waals surface area contributed by atoms with Crippen LogP contribution in [0.5, 0.6) is 0 Å². The van der Waals surface area contributed by atoms with Crippen molar-refractivity contribution in [2.24, 2.45) is 0 Å². The van der Waals surface area contributed by atoms with Gasteiger partial charge in [0, 0.05) is 0 Å². The van der Waals surface area contributed by atoms with E-state index in [9.17, 15) is 0 Å². The van der Waals surface area contributed by atoms with E-state index in [1.807, 2.05) is 0 Å². The molecule has 14 heavy (non-hydrogen) atoms. The Morgan fingerprint density at radius 2 is 0.929 bits per heavy atom. The fraction of sp³-hybridized carbons (Fsp3) is 0.571. The summed E-state index contributed by atoms with van der Waals surface area (Å²) in [5.74, 6) is 0. The Bertz CT molecular complexity index is 196. The summed E-state index contributed by atoms with van der Waals surface area (Å²) in [5.41, 5.74) is 0. The Morgan fingerprint density at radius 1 is 0.429 bits per heavy atom. The second kappa shape index (κ2) is 8.80. The average Bonchev–Trinajstić information content (AvgIpc) is 2.22. The van der Waals surface area contributed by atoms with E-state index in [1.54, 1.807) is 0 Å². The van der Waals surface area contributed by atoms with E-state index < -0.39 is 0 Å². The molecule has 0 aliphatic heterocycles. The maximum absolute atomic E-state index is 2.35. The second-order valence-corrected chi connectivity index (χ2v) is 3.90. The Kier molecular flexibility index (Phi) is 7.10. The van der Waals surface area contributed by atoms with Crippen molar-refractivity contribution in [3.8, 4) is 0 Å². The molecule has 78 valence electrons. The van der Waals surface area contributed by atoms with Crippen molar-refractivity contribution in [3.05, 3.63) is 36.5 Å². The van der Waals surface area contributed by atoms with Crippen LogP contribution in [0, 0.1) is 0 Å². The SMILES string of the molecule is C1=CCCCC=CCCCCCC=C1. The van der Waals surface area contributed by atoms with Gasteiger partial charge in [0.05, 0.1) is 0 Å². The zero-order valence-corrected chi connectivity index (χ0v) is 9.12. The molecule has 0 aromatic carbocycles. The highest BCUT2D eigenvalue weighted by Crippen LogP contribution is 2.06. The highest BCUT2D eigenvalue weighted by atomic mass is 13.9. The molecule has 0 saturated heterocycles. The molecule has 0 fully saturated rings. The Hall–Kier alpha value is -0.780. The molecule has 0 bridgehead atoms. The number of allylic oxidation sites excluding steroid dienone is 6. The zero-order chi connectivity index (χ0) is 9.90. The van der Waals surface area contributed by atoms with Crippen molar-refractivity contribution in [1.82, 2.24) is 0 Å². The first-order chi connectivity index (χ1) is 7.00. The third kappa shape index (κ3) is 6.71. The minimum atomic E-state index is 1.22. The predicted molar refractivity (Wildman–Crippen MR) is 64.4 cm³/mol. The molecule has 0 aromatic heterocycles. The van der Waals surface area contributed by atoms with E-state index in [0.717, 1.165) is 0 Å². The molecule has 0 unspecified atom stereocenters. The maximum atomic E-state index is 2.35. The van der Waals surface area contributed by atoms with Crippen LogP contribution in [0.15, 0.2) is 36.5 Å². The van der Waals surface area contributed by atoms with Crippen molar-refractivity contribution in [3.63, 3.8) is 0 Å². The van der Waals surface area contributed by atoms with Crippen molar-refractivity contribution in [2.75, 3.05) is 0 Å². The molecule has 1 rings (SSSR count). The number of rotatable bonds is 0. The van der Waals surface area contributed by atoms with Crippen LogP contribution in [-0.2, 0) is 0 Å². The molecule has 0 saturated carbocycles. The van der Waals surface area contributed by atoms with Gasteiger partial charge in [-0.25, -0.2) is 0 Å². The summed E-state index contributed by atoms with van der Waals surface area (Å²) in [6.45, 7) is 0. The van der Waals surface area contributed by atoms with Crippen LogP contribution in [0.4, 0.5) is 0 Å². The summed E-state index contributed by atoms with van der Waals surface area (Å²) >= 11 is 0. The first-order valence-corrected chi connectivity index (χ1v) is 5.97. The molecule has 0 atom stereocenters. The predicted octanol–water partition coefficient (Wildman–Crippen LogP) is 4.79. The van der Waals surface area contributed by atoms with Gasteiger partial charge in [-0.1, -0.05) is 42.9 Å². The quantitative estimate of drug-likeness (QED) is 0.482. The molecule has 0 amide bonds. The van der Waals surface area contributed by atoms with E-state index >= 15 is 0 Å². The lowest BCUT2D eigenvalue weighted by Gasteiger charge is -1.96. The summed E-state index contributed by atoms with van der Waals surface area (Å²) in [7, 11) is 0. The molecule has 0 nitrogen and oxygen atoms in total. The van der Waals surface area contributed by atoms with Crippen molar-refractivity contribution in [2.45, 2.75) is 51.4 Å². The molecule has 0 N–H and O–H groups in total. The van der Waals surface area contributed by atoms with E-state index in [-0.39, 0.29) is 0 Å². The van der Waals surface area contributed by atoms with Gasteiger partial charge in [-0.2, -0.15) is 0 Å². The molecule has 0 heteroatoms. The van der Waals surface area contributed by atoms with E-state index in [2.05, 4.69) is 36.5 Å². The first kappa shape index (κ1) is 11.3. The standard InChI is InChI=1S/C14H22/c1-2-4-6-8-10-12-14-13-11-9-7-5-3-1/h1-4,11,13H,5-10,12,14H2. The molecule has 0 radical (unpaired) electrons. The summed E-state index contributed by atoms with van der Waals surface area (Å²) in [5, 5.41) is 0. The molecule has 0 aromatic rings. The van der Waals surface area contributed by atoms with Crippen LogP contribution < -0.4 is 0 Å². The molecular formula is C14H22. The molecule has 1 aliphatic carbocycles. The second-order valence-electron chi connectivity index (χ2n) is 3.90. The topological polar surface area (TPSA) is 0 Å². The molecular weight excluding hydrogens is 168 g/mol. The average molecular weight is 190 g/mol. The minimum absolute atomic E-state index is 1.22. The smallest absolute Gasteiger partial charge is 0.0345 e. The van der Waals surface area contributed by atoms with Crippen LogP contribution in [-0.4, -0.2) is 0 Å². The Labute approximate surface area is 88.4 Å². The summed E-state index contributed by atoms with van der Waals surface area (Å²) in [4.78, 5) is 0. The monoisotopic (exact) mass is 190 g/mol. The van der Waals surface area contributed by atoms with Gasteiger partial charge in [0.1, 0.15) is 0 Å². The van der Waals surface area contributed by atoms with Crippen LogP contribution in [0.2, 0.25) is 0 Å². The molecule has 0 spiro atoms. The lowest BCUT2D eigenvalue weighted by molar-refractivity contribution is 0.694. The first-order valence-electron chi connectivity index (χ1n) is 5.97.